The van der Waals surface area contributed by atoms with Crippen LogP contribution in [0.3, 0.4) is 0 Å². The molecule has 1 amide bonds. The first-order valence-electron chi connectivity index (χ1n) is 6.88. The lowest BCUT2D eigenvalue weighted by Gasteiger charge is -2.06. The summed E-state index contributed by atoms with van der Waals surface area (Å²) >= 11 is 5.81. The van der Waals surface area contributed by atoms with Crippen LogP contribution in [-0.2, 0) is 17.6 Å². The number of halogens is 1. The Balaban J connectivity index is 1.84. The Kier molecular flexibility index (Phi) is 5.55. The number of carbonyl (C=O) groups excluding carboxylic acids is 1. The molecular formula is C17H16ClNO3. The number of carbonyl (C=O) groups is 2. The highest BCUT2D eigenvalue weighted by molar-refractivity contribution is 6.30. The third-order valence-corrected chi connectivity index (χ3v) is 3.44. The van der Waals surface area contributed by atoms with Gasteiger partial charge in [0.1, 0.15) is 0 Å². The first-order valence-corrected chi connectivity index (χ1v) is 7.26. The zero-order valence-corrected chi connectivity index (χ0v) is 12.6. The Bertz CT molecular complexity index is 651. The third kappa shape index (κ3) is 4.90. The molecule has 0 aliphatic rings. The van der Waals surface area contributed by atoms with E-state index in [1.54, 1.807) is 24.3 Å². The monoisotopic (exact) mass is 317 g/mol. The molecule has 0 heterocycles. The maximum absolute atomic E-state index is 12.0. The van der Waals surface area contributed by atoms with Gasteiger partial charge in [0.05, 0.1) is 6.42 Å². The molecule has 0 saturated heterocycles. The quantitative estimate of drug-likeness (QED) is 0.861. The fraction of sp³-hybridized carbons (Fsp3) is 0.176. The van der Waals surface area contributed by atoms with Crippen LogP contribution in [0.4, 0.5) is 0 Å². The van der Waals surface area contributed by atoms with Crippen molar-refractivity contribution >= 4 is 23.5 Å². The molecule has 5 heteroatoms. The molecule has 2 N–H and O–H groups in total. The Morgan fingerprint density at radius 1 is 0.955 bits per heavy atom. The van der Waals surface area contributed by atoms with Crippen LogP contribution in [0.5, 0.6) is 0 Å². The number of benzene rings is 2. The summed E-state index contributed by atoms with van der Waals surface area (Å²) < 4.78 is 0. The van der Waals surface area contributed by atoms with Gasteiger partial charge in [-0.2, -0.15) is 0 Å². The van der Waals surface area contributed by atoms with Gasteiger partial charge in [0.25, 0.3) is 5.91 Å². The van der Waals surface area contributed by atoms with Crippen LogP contribution in [0.1, 0.15) is 21.5 Å². The molecule has 4 nitrogen and oxygen atoms in total. The zero-order valence-electron chi connectivity index (χ0n) is 11.9. The lowest BCUT2D eigenvalue weighted by atomic mass is 10.1. The van der Waals surface area contributed by atoms with E-state index >= 15 is 0 Å². The first-order chi connectivity index (χ1) is 10.5. The fourth-order valence-corrected chi connectivity index (χ4v) is 2.15. The number of amides is 1. The largest absolute Gasteiger partial charge is 0.481 e. The van der Waals surface area contributed by atoms with Crippen molar-refractivity contribution in [1.82, 2.24) is 5.32 Å². The molecule has 0 unspecified atom stereocenters. The van der Waals surface area contributed by atoms with Crippen LogP contribution in [0, 0.1) is 0 Å². The predicted octanol–water partition coefficient (Wildman–Crippen LogP) is 2.94. The van der Waals surface area contributed by atoms with E-state index in [2.05, 4.69) is 5.32 Å². The molecule has 22 heavy (non-hydrogen) atoms. The maximum atomic E-state index is 12.0. The van der Waals surface area contributed by atoms with E-state index in [4.69, 9.17) is 16.7 Å². The first kappa shape index (κ1) is 16.0. The molecular weight excluding hydrogens is 302 g/mol. The summed E-state index contributed by atoms with van der Waals surface area (Å²) in [6.07, 6.45) is 0.679. The highest BCUT2D eigenvalue weighted by atomic mass is 35.5. The van der Waals surface area contributed by atoms with Crippen molar-refractivity contribution in [3.8, 4) is 0 Å². The number of hydrogen-bond acceptors (Lipinski definition) is 2. The number of aliphatic carboxylic acids is 1. The summed E-state index contributed by atoms with van der Waals surface area (Å²) in [4.78, 5) is 22.6. The topological polar surface area (TPSA) is 66.4 Å². The van der Waals surface area contributed by atoms with E-state index in [1.807, 2.05) is 24.3 Å². The molecule has 0 bridgehead atoms. The van der Waals surface area contributed by atoms with Crippen molar-refractivity contribution in [2.45, 2.75) is 12.8 Å². The van der Waals surface area contributed by atoms with Gasteiger partial charge in [-0.05, 0) is 41.8 Å². The van der Waals surface area contributed by atoms with E-state index in [-0.39, 0.29) is 12.3 Å². The molecule has 0 atom stereocenters. The average molecular weight is 318 g/mol. The molecule has 0 aromatic heterocycles. The third-order valence-electron chi connectivity index (χ3n) is 3.18. The Hall–Kier alpha value is -2.33. The maximum Gasteiger partial charge on any atom is 0.307 e. The van der Waals surface area contributed by atoms with Crippen molar-refractivity contribution in [1.29, 1.82) is 0 Å². The van der Waals surface area contributed by atoms with Gasteiger partial charge in [0, 0.05) is 17.1 Å². The van der Waals surface area contributed by atoms with Crippen molar-refractivity contribution in [2.24, 2.45) is 0 Å². The van der Waals surface area contributed by atoms with Gasteiger partial charge >= 0.3 is 5.97 Å². The van der Waals surface area contributed by atoms with Crippen LogP contribution >= 0.6 is 11.6 Å². The predicted molar refractivity (Wildman–Crippen MR) is 85.3 cm³/mol. The molecule has 2 aromatic carbocycles. The molecule has 0 fully saturated rings. The fourth-order valence-electron chi connectivity index (χ4n) is 2.02. The summed E-state index contributed by atoms with van der Waals surface area (Å²) in [7, 11) is 0. The second-order valence-corrected chi connectivity index (χ2v) is 5.34. The van der Waals surface area contributed by atoms with E-state index < -0.39 is 5.97 Å². The molecule has 0 aliphatic carbocycles. The molecule has 0 spiro atoms. The van der Waals surface area contributed by atoms with Crippen LogP contribution in [0.2, 0.25) is 5.02 Å². The second-order valence-electron chi connectivity index (χ2n) is 4.90. The minimum atomic E-state index is -0.889. The summed E-state index contributed by atoms with van der Waals surface area (Å²) in [5.74, 6) is -1.06. The molecule has 114 valence electrons. The van der Waals surface area contributed by atoms with Crippen LogP contribution in [0.15, 0.2) is 48.5 Å². The second kappa shape index (κ2) is 7.61. The van der Waals surface area contributed by atoms with Gasteiger partial charge in [-0.3, -0.25) is 9.59 Å². The van der Waals surface area contributed by atoms with E-state index in [1.165, 1.54) is 0 Å². The van der Waals surface area contributed by atoms with E-state index in [0.29, 0.717) is 22.7 Å². The van der Waals surface area contributed by atoms with Gasteiger partial charge < -0.3 is 10.4 Å². The van der Waals surface area contributed by atoms with E-state index in [9.17, 15) is 9.59 Å². The molecule has 2 rings (SSSR count). The van der Waals surface area contributed by atoms with Crippen LogP contribution in [0.25, 0.3) is 0 Å². The molecule has 0 radical (unpaired) electrons. The number of rotatable bonds is 6. The minimum absolute atomic E-state index is 0.0432. The van der Waals surface area contributed by atoms with E-state index in [0.717, 1.165) is 12.0 Å². The standard InChI is InChI=1S/C17H16ClNO3/c18-15-7-3-12(4-8-15)9-10-19-17(22)14-5-1-13(2-6-14)11-16(20)21/h1-8H,9-11H2,(H,19,22)(H,20,21). The SMILES string of the molecule is O=C(O)Cc1ccc(C(=O)NCCc2ccc(Cl)cc2)cc1. The molecule has 0 saturated carbocycles. The van der Waals surface area contributed by atoms with Gasteiger partial charge in [-0.15, -0.1) is 0 Å². The lowest BCUT2D eigenvalue weighted by molar-refractivity contribution is -0.136. The molecule has 0 aliphatic heterocycles. The summed E-state index contributed by atoms with van der Waals surface area (Å²) in [5, 5.41) is 12.2. The normalized spacial score (nSPS) is 10.2. The summed E-state index contributed by atoms with van der Waals surface area (Å²) in [5.41, 5.74) is 2.29. The number of hydrogen-bond donors (Lipinski definition) is 2. The summed E-state index contributed by atoms with van der Waals surface area (Å²) in [6, 6.07) is 14.1. The van der Waals surface area contributed by atoms with Gasteiger partial charge in [0.2, 0.25) is 0 Å². The zero-order chi connectivity index (χ0) is 15.9. The number of carboxylic acid groups (broad SMARTS) is 1. The molecule has 2 aromatic rings. The van der Waals surface area contributed by atoms with Crippen LogP contribution < -0.4 is 5.32 Å². The van der Waals surface area contributed by atoms with Gasteiger partial charge in [0.15, 0.2) is 0 Å². The van der Waals surface area contributed by atoms with Crippen LogP contribution in [-0.4, -0.2) is 23.5 Å². The van der Waals surface area contributed by atoms with Crippen molar-refractivity contribution < 1.29 is 14.7 Å². The Morgan fingerprint density at radius 3 is 2.14 bits per heavy atom. The van der Waals surface area contributed by atoms with Crippen molar-refractivity contribution in [3.63, 3.8) is 0 Å². The average Bonchev–Trinajstić information content (AvgIpc) is 2.49. The highest BCUT2D eigenvalue weighted by Crippen LogP contribution is 2.10. The minimum Gasteiger partial charge on any atom is -0.481 e. The van der Waals surface area contributed by atoms with Crippen molar-refractivity contribution in [3.05, 3.63) is 70.2 Å². The number of nitrogens with one attached hydrogen (secondary N) is 1. The Labute approximate surface area is 133 Å². The van der Waals surface area contributed by atoms with Gasteiger partial charge in [-0.1, -0.05) is 35.9 Å². The lowest BCUT2D eigenvalue weighted by Crippen LogP contribution is -2.25. The van der Waals surface area contributed by atoms with Gasteiger partial charge in [-0.25, -0.2) is 0 Å². The summed E-state index contributed by atoms with van der Waals surface area (Å²) in [6.45, 7) is 0.525. The smallest absolute Gasteiger partial charge is 0.307 e. The number of carboxylic acids is 1. The van der Waals surface area contributed by atoms with Crippen molar-refractivity contribution in [2.75, 3.05) is 6.54 Å². The Morgan fingerprint density at radius 2 is 1.55 bits per heavy atom. The highest BCUT2D eigenvalue weighted by Gasteiger charge is 2.06.